The highest BCUT2D eigenvalue weighted by Crippen LogP contribution is 2.33. The molecule has 9 nitrogen and oxygen atoms in total. The van der Waals surface area contributed by atoms with Crippen molar-refractivity contribution >= 4 is 34.2 Å². The average molecular weight is 309 g/mol. The van der Waals surface area contributed by atoms with Gasteiger partial charge in [-0.1, -0.05) is 0 Å². The lowest BCUT2D eigenvalue weighted by molar-refractivity contribution is -0.385. The zero-order valence-corrected chi connectivity index (χ0v) is 11.6. The number of methoxy groups -OCH3 is 1. The van der Waals surface area contributed by atoms with Gasteiger partial charge in [0.2, 0.25) is 5.13 Å². The lowest BCUT2D eigenvalue weighted by Crippen LogP contribution is -1.96. The molecule has 0 bridgehead atoms. The SMILES string of the molecule is COc1cc([N+](=O)[O-])cc(C=NNc2nc(N)cs2)c1O. The van der Waals surface area contributed by atoms with Crippen molar-refractivity contribution in [1.29, 1.82) is 0 Å². The number of phenolic OH excluding ortho intramolecular Hbond substituents is 1. The fourth-order valence-corrected chi connectivity index (χ4v) is 2.02. The number of thiazole rings is 1. The number of hydrogen-bond donors (Lipinski definition) is 3. The smallest absolute Gasteiger partial charge is 0.274 e. The molecule has 4 N–H and O–H groups in total. The van der Waals surface area contributed by atoms with Gasteiger partial charge in [0.1, 0.15) is 5.82 Å². The van der Waals surface area contributed by atoms with Crippen molar-refractivity contribution in [2.24, 2.45) is 5.10 Å². The Bertz CT molecular complexity index is 700. The molecule has 0 aliphatic heterocycles. The molecule has 0 atom stereocenters. The van der Waals surface area contributed by atoms with Gasteiger partial charge in [-0.2, -0.15) is 5.10 Å². The van der Waals surface area contributed by atoms with Crippen molar-refractivity contribution < 1.29 is 14.8 Å². The molecule has 21 heavy (non-hydrogen) atoms. The summed E-state index contributed by atoms with van der Waals surface area (Å²) >= 11 is 1.25. The first-order valence-electron chi connectivity index (χ1n) is 5.56. The van der Waals surface area contributed by atoms with Crippen LogP contribution in [0.15, 0.2) is 22.6 Å². The molecule has 0 aliphatic rings. The second-order valence-electron chi connectivity index (χ2n) is 3.79. The average Bonchev–Trinajstić information content (AvgIpc) is 2.86. The normalized spacial score (nSPS) is 10.7. The zero-order valence-electron chi connectivity index (χ0n) is 10.8. The molecule has 0 fully saturated rings. The molecule has 1 heterocycles. The Morgan fingerprint density at radius 1 is 1.62 bits per heavy atom. The van der Waals surface area contributed by atoms with Crippen LogP contribution < -0.4 is 15.9 Å². The van der Waals surface area contributed by atoms with Gasteiger partial charge in [-0.15, -0.1) is 11.3 Å². The minimum Gasteiger partial charge on any atom is -0.504 e. The lowest BCUT2D eigenvalue weighted by atomic mass is 10.2. The Morgan fingerprint density at radius 2 is 2.38 bits per heavy atom. The predicted molar refractivity (Wildman–Crippen MR) is 79.1 cm³/mol. The van der Waals surface area contributed by atoms with Crippen LogP contribution >= 0.6 is 11.3 Å². The quantitative estimate of drug-likeness (QED) is 0.435. The summed E-state index contributed by atoms with van der Waals surface area (Å²) in [5.74, 6) is 0.106. The maximum atomic E-state index is 10.8. The van der Waals surface area contributed by atoms with Gasteiger partial charge in [-0.25, -0.2) is 4.98 Å². The monoisotopic (exact) mass is 309 g/mol. The van der Waals surface area contributed by atoms with Crippen LogP contribution in [0.1, 0.15) is 5.56 Å². The van der Waals surface area contributed by atoms with E-state index in [2.05, 4.69) is 15.5 Å². The fraction of sp³-hybridized carbons (Fsp3) is 0.0909. The Morgan fingerprint density at radius 3 is 2.95 bits per heavy atom. The molecule has 0 spiro atoms. The van der Waals surface area contributed by atoms with Crippen molar-refractivity contribution in [3.05, 3.63) is 33.2 Å². The van der Waals surface area contributed by atoms with Crippen LogP contribution in [-0.2, 0) is 0 Å². The Balaban J connectivity index is 2.25. The van der Waals surface area contributed by atoms with Crippen LogP contribution in [-0.4, -0.2) is 28.3 Å². The summed E-state index contributed by atoms with van der Waals surface area (Å²) in [6.07, 6.45) is 1.22. The first-order chi connectivity index (χ1) is 10.0. The molecule has 0 amide bonds. The third-order valence-corrected chi connectivity index (χ3v) is 3.17. The van der Waals surface area contributed by atoms with Crippen LogP contribution in [0.2, 0.25) is 0 Å². The van der Waals surface area contributed by atoms with E-state index in [0.717, 1.165) is 6.07 Å². The summed E-state index contributed by atoms with van der Waals surface area (Å²) in [5, 5.41) is 26.6. The van der Waals surface area contributed by atoms with Gasteiger partial charge in [0, 0.05) is 17.0 Å². The number of aromatic nitrogens is 1. The molecule has 2 rings (SSSR count). The van der Waals surface area contributed by atoms with Gasteiger partial charge in [0.05, 0.1) is 24.3 Å². The highest BCUT2D eigenvalue weighted by Gasteiger charge is 2.15. The van der Waals surface area contributed by atoms with E-state index in [1.807, 2.05) is 0 Å². The van der Waals surface area contributed by atoms with Crippen molar-refractivity contribution in [3.8, 4) is 11.5 Å². The summed E-state index contributed by atoms with van der Waals surface area (Å²) in [7, 11) is 1.30. The van der Waals surface area contributed by atoms with E-state index in [1.54, 1.807) is 5.38 Å². The van der Waals surface area contributed by atoms with E-state index in [4.69, 9.17) is 10.5 Å². The number of phenols is 1. The highest BCUT2D eigenvalue weighted by atomic mass is 32.1. The molecule has 10 heteroatoms. The fourth-order valence-electron chi connectivity index (χ4n) is 1.47. The van der Waals surface area contributed by atoms with Crippen molar-refractivity contribution in [1.82, 2.24) is 4.98 Å². The molecular weight excluding hydrogens is 298 g/mol. The van der Waals surface area contributed by atoms with E-state index in [-0.39, 0.29) is 22.7 Å². The number of aromatic hydroxyl groups is 1. The third-order valence-electron chi connectivity index (χ3n) is 2.41. The number of hydrogen-bond acceptors (Lipinski definition) is 9. The molecule has 0 radical (unpaired) electrons. The molecule has 0 saturated carbocycles. The highest BCUT2D eigenvalue weighted by molar-refractivity contribution is 7.14. The number of anilines is 2. The van der Waals surface area contributed by atoms with E-state index in [0.29, 0.717) is 10.9 Å². The Hall–Kier alpha value is -2.88. The summed E-state index contributed by atoms with van der Waals surface area (Å²) < 4.78 is 4.88. The van der Waals surface area contributed by atoms with Gasteiger partial charge >= 0.3 is 0 Å². The predicted octanol–water partition coefficient (Wildman–Crippen LogP) is 1.79. The van der Waals surface area contributed by atoms with Gasteiger partial charge in [-0.3, -0.25) is 15.5 Å². The molecule has 2 aromatic rings. The van der Waals surface area contributed by atoms with Gasteiger partial charge in [0.25, 0.3) is 5.69 Å². The van der Waals surface area contributed by atoms with Gasteiger partial charge < -0.3 is 15.6 Å². The number of non-ortho nitro benzene ring substituents is 1. The van der Waals surface area contributed by atoms with Gasteiger partial charge in [-0.05, 0) is 0 Å². The molecule has 0 unspecified atom stereocenters. The van der Waals surface area contributed by atoms with Crippen molar-refractivity contribution in [3.63, 3.8) is 0 Å². The summed E-state index contributed by atoms with van der Waals surface area (Å²) in [4.78, 5) is 14.1. The number of nitro groups is 1. The number of nitro benzene ring substituents is 1. The van der Waals surface area contributed by atoms with Gasteiger partial charge in [0.15, 0.2) is 11.5 Å². The Labute approximate surface area is 122 Å². The topological polar surface area (TPSA) is 136 Å². The molecule has 110 valence electrons. The first-order valence-corrected chi connectivity index (χ1v) is 6.44. The number of nitrogens with two attached hydrogens (primary N) is 1. The van der Waals surface area contributed by atoms with Crippen molar-refractivity contribution in [2.75, 3.05) is 18.3 Å². The van der Waals surface area contributed by atoms with Crippen LogP contribution in [0, 0.1) is 10.1 Å². The number of hydrazone groups is 1. The minimum atomic E-state index is -0.589. The lowest BCUT2D eigenvalue weighted by Gasteiger charge is -2.05. The molecule has 1 aromatic carbocycles. The van der Waals surface area contributed by atoms with E-state index in [9.17, 15) is 15.2 Å². The van der Waals surface area contributed by atoms with Crippen LogP contribution in [0.3, 0.4) is 0 Å². The molecule has 1 aromatic heterocycles. The number of nitrogens with zero attached hydrogens (tertiary/aromatic N) is 3. The minimum absolute atomic E-state index is 0.0101. The van der Waals surface area contributed by atoms with Crippen LogP contribution in [0.25, 0.3) is 0 Å². The largest absolute Gasteiger partial charge is 0.504 e. The summed E-state index contributed by atoms with van der Waals surface area (Å²) in [5.41, 5.74) is 7.97. The van der Waals surface area contributed by atoms with Crippen LogP contribution in [0.5, 0.6) is 11.5 Å². The zero-order chi connectivity index (χ0) is 15.4. The number of nitrogen functional groups attached to an aromatic ring is 1. The third kappa shape index (κ3) is 3.36. The Kier molecular flexibility index (Phi) is 4.18. The van der Waals surface area contributed by atoms with E-state index >= 15 is 0 Å². The van der Waals surface area contributed by atoms with E-state index < -0.39 is 4.92 Å². The number of nitrogens with one attached hydrogen (secondary N) is 1. The second-order valence-corrected chi connectivity index (χ2v) is 4.65. The maximum Gasteiger partial charge on any atom is 0.274 e. The number of ether oxygens (including phenoxy) is 1. The maximum absolute atomic E-state index is 10.8. The first kappa shape index (κ1) is 14.5. The van der Waals surface area contributed by atoms with Crippen molar-refractivity contribution in [2.45, 2.75) is 0 Å². The molecule has 0 saturated heterocycles. The summed E-state index contributed by atoms with van der Waals surface area (Å²) in [6.45, 7) is 0. The molecular formula is C11H11N5O4S. The number of rotatable bonds is 5. The summed E-state index contributed by atoms with van der Waals surface area (Å²) in [6, 6.07) is 2.31. The standard InChI is InChI=1S/C11H11N5O4S/c1-20-8-3-7(16(18)19)2-6(10(8)17)4-13-15-11-14-9(12)5-21-11/h2-5,17H,12H2,1H3,(H,14,15). The number of benzene rings is 1. The molecule has 0 aliphatic carbocycles. The van der Waals surface area contributed by atoms with Crippen LogP contribution in [0.4, 0.5) is 16.6 Å². The van der Waals surface area contributed by atoms with E-state index in [1.165, 1.54) is 30.7 Å². The second kappa shape index (κ2) is 6.05.